The number of hydrogen-bond acceptors (Lipinski definition) is 28. The molecule has 20 rings (SSSR count). The number of nitrogens with zero attached hydrogens (tertiary/aromatic N) is 5. The summed E-state index contributed by atoms with van der Waals surface area (Å²) in [5, 5.41) is 42.8. The van der Waals surface area contributed by atoms with Crippen LogP contribution in [-0.4, -0.2) is 221 Å². The molecule has 3 unspecified atom stereocenters. The van der Waals surface area contributed by atoms with Crippen LogP contribution in [0.1, 0.15) is 181 Å². The first-order valence-electron chi connectivity index (χ1n) is 46.8. The number of ether oxygens (including phenoxy) is 7. The maximum absolute atomic E-state index is 12.2. The number of nitrogens with one attached hydrogen (secondary N) is 1. The Morgan fingerprint density at radius 1 is 0.496 bits per heavy atom. The standard InChI is InChI=1S/C18H19N.C16H16Cl2N4O7.C14H16O4.C13H18O6S2.C11H13N.C11H12O2.C11H14O2.C10H10O2.C2H4O2/c1-2-6-15(7-3-1)12-19-13-18(14-19)11-10-16-8-4-5-9-17(16)18;1-6(23)26-5-10-11(27-7(2)24)12(28-8(3)25)15(29-10)22-14-9(4-19-22)13(17)20-16(18)21-14;1-3-18-13(16)14(12(15)17-2)9-8-10-6-4-5-7-11(10)14;1-20(14,15)18-9-13(10-19-21(2,16)17)8-7-11-5-3-4-6-12(11)13;1-2-4-10-9(3-1)5-6-11(10)7-12-8-11;1-13-11(12)10-7-6-8-4-2-3-5-9(8)10;12-7-11(8-13)6-5-9-3-1-2-4-10(9)11;11-10(12)9-6-5-7-3-1-2-4-8(7)9;1-2(3)4/h1-9H,10-14H2;4,10-12,15H,5H2,1-3H3;4-7H,3,8-9H2,1-2H3;3-6H,7-10H2,1-2H3;1-4,12H,5-8H2;2-5,10H,6-7H2,1H3;1-4,12-13H,5-8H2;1-4,9H,5-6H2,(H,11,12);1H3,(H,3,4)/t;10-,11-,12-,15-;;;;;;;/m.1......./s1. The Bertz CT molecular complexity index is 6290. The van der Waals surface area contributed by atoms with Crippen LogP contribution in [0.2, 0.25) is 10.4 Å². The van der Waals surface area contributed by atoms with E-state index < -0.39 is 97.4 Å². The van der Waals surface area contributed by atoms with Crippen molar-refractivity contribution < 1.29 is 117 Å². The van der Waals surface area contributed by atoms with Gasteiger partial charge in [0.15, 0.2) is 29.5 Å². The molecule has 5 heterocycles. The number of likely N-dealkylation sites (tertiary alicyclic amines) is 1. The van der Waals surface area contributed by atoms with Gasteiger partial charge in [-0.1, -0.05) is 212 Å². The van der Waals surface area contributed by atoms with Crippen LogP contribution in [0.4, 0.5) is 0 Å². The Kier molecular flexibility index (Phi) is 37.1. The fourth-order valence-corrected chi connectivity index (χ4v) is 21.7. The van der Waals surface area contributed by atoms with E-state index in [1.165, 1.54) is 120 Å². The molecule has 10 aliphatic rings. The molecule has 3 saturated heterocycles. The van der Waals surface area contributed by atoms with Gasteiger partial charge in [-0.2, -0.15) is 26.9 Å². The van der Waals surface area contributed by atoms with E-state index in [4.69, 9.17) is 79.7 Å². The van der Waals surface area contributed by atoms with Crippen LogP contribution < -0.4 is 5.32 Å². The zero-order valence-corrected chi connectivity index (χ0v) is 83.6. The van der Waals surface area contributed by atoms with E-state index in [0.717, 1.165) is 110 Å². The molecule has 0 radical (unpaired) electrons. The van der Waals surface area contributed by atoms with Crippen LogP contribution in [0.25, 0.3) is 11.0 Å². The van der Waals surface area contributed by atoms with Crippen molar-refractivity contribution in [3.63, 3.8) is 0 Å². The molecular weight excluding hydrogens is 1890 g/mol. The number of halogens is 2. The number of methoxy groups -OCH3 is 2. The fraction of sp³-hybridized carbons (Fsp3) is 0.425. The minimum Gasteiger partial charge on any atom is -0.481 e. The fourth-order valence-electron chi connectivity index (χ4n) is 20.4. The van der Waals surface area contributed by atoms with Crippen LogP contribution in [0.3, 0.4) is 0 Å². The molecule has 141 heavy (non-hydrogen) atoms. The lowest BCUT2D eigenvalue weighted by Crippen LogP contribution is -2.57. The molecule has 0 bridgehead atoms. The first kappa shape index (κ1) is 108. The van der Waals surface area contributed by atoms with Crippen LogP contribution in [0, 0.1) is 0 Å². The number of carboxylic acid groups (broad SMARTS) is 2. The molecule has 3 fully saturated rings. The minimum atomic E-state index is -3.61. The van der Waals surface area contributed by atoms with Crippen molar-refractivity contribution in [3.8, 4) is 0 Å². The first-order chi connectivity index (χ1) is 67.4. The predicted molar refractivity (Wildman–Crippen MR) is 526 cm³/mol. The summed E-state index contributed by atoms with van der Waals surface area (Å²) in [7, 11) is -4.48. The van der Waals surface area contributed by atoms with Gasteiger partial charge in [-0.25, -0.2) is 9.67 Å². The first-order valence-corrected chi connectivity index (χ1v) is 51.2. The van der Waals surface area contributed by atoms with Crippen molar-refractivity contribution in [2.75, 3.05) is 92.6 Å². The van der Waals surface area contributed by atoms with Crippen molar-refractivity contribution in [1.29, 1.82) is 0 Å². The van der Waals surface area contributed by atoms with Crippen molar-refractivity contribution >= 4 is 102 Å². The lowest BCUT2D eigenvalue weighted by molar-refractivity contribution is -0.166. The summed E-state index contributed by atoms with van der Waals surface area (Å²) < 4.78 is 92.4. The topological polar surface area (TPSA) is 428 Å². The Hall–Kier alpha value is -11.7. The van der Waals surface area contributed by atoms with Crippen LogP contribution in [0.5, 0.6) is 0 Å². The van der Waals surface area contributed by atoms with Gasteiger partial charge in [0.05, 0.1) is 83.2 Å². The van der Waals surface area contributed by atoms with E-state index in [1.807, 2.05) is 103 Å². The summed E-state index contributed by atoms with van der Waals surface area (Å²) >= 11 is 12.0. The number of hydrogen-bond donors (Lipinski definition) is 5. The van der Waals surface area contributed by atoms with Crippen molar-refractivity contribution in [2.45, 2.75) is 195 Å². The van der Waals surface area contributed by atoms with Gasteiger partial charge in [0.1, 0.15) is 17.9 Å². The van der Waals surface area contributed by atoms with Gasteiger partial charge in [0.25, 0.3) is 26.2 Å². The van der Waals surface area contributed by atoms with Crippen LogP contribution in [0.15, 0.2) is 206 Å². The summed E-state index contributed by atoms with van der Waals surface area (Å²) in [5.74, 6) is -4.81. The van der Waals surface area contributed by atoms with Gasteiger partial charge in [-0.15, -0.1) is 0 Å². The summed E-state index contributed by atoms with van der Waals surface area (Å²) in [4.78, 5) is 100. The summed E-state index contributed by atoms with van der Waals surface area (Å²) in [6, 6.07) is 67.7. The van der Waals surface area contributed by atoms with Gasteiger partial charge in [-0.3, -0.25) is 51.6 Å². The molecule has 0 saturated carbocycles. The van der Waals surface area contributed by atoms with Gasteiger partial charge < -0.3 is 58.9 Å². The summed E-state index contributed by atoms with van der Waals surface area (Å²) in [6.45, 7) is 12.2. The van der Waals surface area contributed by atoms with Crippen molar-refractivity contribution in [1.82, 2.24) is 30.0 Å². The highest BCUT2D eigenvalue weighted by Gasteiger charge is 2.56. The molecule has 35 heteroatoms. The number of aryl methyl sites for hydroxylation is 7. The molecule has 8 aromatic carbocycles. The number of esters is 6. The SMILES string of the molecule is CC(=O)O.CC(=O)OC[C@H]1O[C@@H](n2ncc3c(Cl)nc(Cl)nc32)[C@H](OC(C)=O)[C@@H]1OC(C)=O.CCOC(=O)C1(C(=O)OC)CCc2ccccc21.COC(=O)C1CCc2ccccc21.CS(=O)(=O)OCC1(COS(C)(=O)=O)CCc2ccccc21.O=C(O)C1CCc2ccccc21.OCC1(CO)CCc2ccccc21.c1ccc(CN2CC3(CCc4ccccc43)C2)cc1.c1ccc2c(c1)CCC21CNC1. The molecule has 0 amide bonds. The van der Waals surface area contributed by atoms with Crippen LogP contribution in [-0.2, 0) is 179 Å². The predicted octanol–water partition coefficient (Wildman–Crippen LogP) is 13.4. The lowest BCUT2D eigenvalue weighted by atomic mass is 9.74. The van der Waals surface area contributed by atoms with E-state index in [1.54, 1.807) is 35.2 Å². The zero-order valence-electron chi connectivity index (χ0n) is 80.4. The largest absolute Gasteiger partial charge is 0.481 e. The number of fused-ring (bicyclic) bond motifs is 10. The van der Waals surface area contributed by atoms with Crippen molar-refractivity contribution in [2.24, 2.45) is 0 Å². The van der Waals surface area contributed by atoms with E-state index >= 15 is 0 Å². The average Bonchev–Trinajstić information content (AvgIpc) is 1.61. The molecular formula is C106H122Cl2N6O25S2. The number of carboxylic acids is 2. The molecule has 2 spiro atoms. The Labute approximate surface area is 831 Å². The number of benzene rings is 8. The lowest BCUT2D eigenvalue weighted by Gasteiger charge is -2.49. The molecule has 7 aliphatic carbocycles. The van der Waals surface area contributed by atoms with E-state index in [-0.39, 0.29) is 78.9 Å². The molecule has 3 aliphatic heterocycles. The molecule has 752 valence electrons. The highest BCUT2D eigenvalue weighted by Crippen LogP contribution is 2.48. The average molecular weight is 2020 g/mol. The second-order valence-electron chi connectivity index (χ2n) is 36.6. The maximum atomic E-state index is 12.2. The highest BCUT2D eigenvalue weighted by molar-refractivity contribution is 7.86. The van der Waals surface area contributed by atoms with Crippen molar-refractivity contribution in [3.05, 3.63) is 300 Å². The second-order valence-corrected chi connectivity index (χ2v) is 40.6. The van der Waals surface area contributed by atoms with Gasteiger partial charge in [0, 0.05) is 82.1 Å². The molecule has 10 aromatic rings. The normalized spacial score (nSPS) is 20.4. The number of aliphatic hydroxyl groups is 2. The third kappa shape index (κ3) is 26.4. The number of rotatable bonds is 20. The quantitative estimate of drug-likeness (QED) is 0.0118. The molecule has 7 atom stereocenters. The highest BCUT2D eigenvalue weighted by atomic mass is 35.5. The minimum absolute atomic E-state index is 0.0267. The summed E-state index contributed by atoms with van der Waals surface area (Å²) in [6.07, 6.45) is 12.2. The van der Waals surface area contributed by atoms with E-state index in [9.17, 15) is 60.6 Å². The monoisotopic (exact) mass is 2010 g/mol. The van der Waals surface area contributed by atoms with Crippen LogP contribution >= 0.6 is 23.2 Å². The van der Waals surface area contributed by atoms with E-state index in [0.29, 0.717) is 35.5 Å². The Morgan fingerprint density at radius 3 is 1.43 bits per heavy atom. The summed E-state index contributed by atoms with van der Waals surface area (Å²) in [5.41, 5.74) is 17.4. The van der Waals surface area contributed by atoms with Gasteiger partial charge in [-0.05, 0) is 192 Å². The number of carbonyl (C=O) groups excluding carboxylic acids is 6. The number of aromatic nitrogens is 4. The maximum Gasteiger partial charge on any atom is 0.328 e. The second kappa shape index (κ2) is 48.4. The van der Waals surface area contributed by atoms with Gasteiger partial charge in [0.2, 0.25) is 5.28 Å². The molecule has 31 nitrogen and oxygen atoms in total. The Morgan fingerprint density at radius 2 is 0.936 bits per heavy atom. The van der Waals surface area contributed by atoms with E-state index in [2.05, 4.69) is 116 Å². The number of aliphatic hydroxyl groups excluding tert-OH is 2. The third-order valence-corrected chi connectivity index (χ3v) is 28.7. The molecule has 2 aromatic heterocycles. The van der Waals surface area contributed by atoms with Gasteiger partial charge >= 0.3 is 41.8 Å². The zero-order chi connectivity index (χ0) is 102. The third-order valence-electron chi connectivity index (χ3n) is 27.2. The number of carbonyl (C=O) groups is 8. The Balaban J connectivity index is 0.000000146. The number of aliphatic carboxylic acids is 2. The molecule has 5 N–H and O–H groups in total. The smallest absolute Gasteiger partial charge is 0.328 e.